The van der Waals surface area contributed by atoms with Crippen LogP contribution in [-0.2, 0) is 32.0 Å². The van der Waals surface area contributed by atoms with Crippen LogP contribution in [0.4, 0.5) is 4.79 Å². The van der Waals surface area contributed by atoms with Gasteiger partial charge in [0.05, 0.1) is 6.04 Å². The van der Waals surface area contributed by atoms with Crippen molar-refractivity contribution in [1.29, 1.82) is 0 Å². The number of hydrogen-bond donors (Lipinski definition) is 4. The number of nitrogens with two attached hydrogens (primary N) is 1. The molecule has 1 heterocycles. The highest BCUT2D eigenvalue weighted by atomic mass is 16.2. The number of urea groups is 1. The van der Waals surface area contributed by atoms with Crippen LogP contribution in [0, 0.1) is 5.92 Å². The first-order valence-electron chi connectivity index (χ1n) is 15.8. The quantitative estimate of drug-likeness (QED) is 0.312. The second-order valence-corrected chi connectivity index (χ2v) is 11.8. The van der Waals surface area contributed by atoms with Crippen LogP contribution in [0.3, 0.4) is 0 Å². The van der Waals surface area contributed by atoms with Crippen LogP contribution >= 0.6 is 0 Å². The number of likely N-dealkylation sites (tertiary alicyclic amines) is 1. The summed E-state index contributed by atoms with van der Waals surface area (Å²) in [6.07, 6.45) is 9.66. The van der Waals surface area contributed by atoms with Crippen molar-refractivity contribution in [2.24, 2.45) is 11.7 Å². The van der Waals surface area contributed by atoms with Gasteiger partial charge in [-0.1, -0.05) is 77.1 Å². The van der Waals surface area contributed by atoms with Gasteiger partial charge in [-0.25, -0.2) is 4.79 Å². The number of ketones is 1. The van der Waals surface area contributed by atoms with Crippen molar-refractivity contribution in [3.05, 3.63) is 35.4 Å². The van der Waals surface area contributed by atoms with E-state index < -0.39 is 35.7 Å². The van der Waals surface area contributed by atoms with Crippen LogP contribution < -0.4 is 21.7 Å². The number of rotatable bonds is 10. The standard InChI is InChI=1S/C29H41N5O5.C3H8/c1-2-9-22(25(35)26(30)36)32-27(37)23-14-8-15-34(23)28(38)24(20-16-18-10-6-7-11-19(18)17-20)33-29(39)31-21-12-4-3-5-13-21;1-3-2/h6-7,10-11,20-24H,2-5,8-9,12-17H2,1H3,(H2,30,36)(H,32,37)(H2,31,33,39);3H2,1-2H3/t22?,23-,24-;/m0./s1. The average Bonchev–Trinajstić information content (AvgIpc) is 3.63. The predicted molar refractivity (Wildman–Crippen MR) is 161 cm³/mol. The maximum Gasteiger partial charge on any atom is 0.315 e. The van der Waals surface area contributed by atoms with Gasteiger partial charge >= 0.3 is 6.03 Å². The van der Waals surface area contributed by atoms with Crippen LogP contribution in [-0.4, -0.2) is 65.1 Å². The molecule has 3 aliphatic rings. The molecule has 1 saturated carbocycles. The molecule has 5 amide bonds. The smallest absolute Gasteiger partial charge is 0.315 e. The number of nitrogens with one attached hydrogen (secondary N) is 3. The number of amides is 5. The summed E-state index contributed by atoms with van der Waals surface area (Å²) in [4.78, 5) is 65.7. The number of Topliss-reactive ketones (excluding diaryl/α,β-unsaturated/α-hetero) is 1. The van der Waals surface area contributed by atoms with Crippen molar-refractivity contribution in [3.63, 3.8) is 0 Å². The lowest BCUT2D eigenvalue weighted by Crippen LogP contribution is -2.59. The normalized spacial score (nSPS) is 20.0. The second kappa shape index (κ2) is 16.3. The molecule has 2 aliphatic carbocycles. The molecule has 232 valence electrons. The molecule has 4 rings (SSSR count). The Labute approximate surface area is 249 Å². The summed E-state index contributed by atoms with van der Waals surface area (Å²) in [5.41, 5.74) is 7.51. The van der Waals surface area contributed by atoms with Crippen LogP contribution in [0.25, 0.3) is 0 Å². The lowest BCUT2D eigenvalue weighted by molar-refractivity contribution is -0.142. The topological polar surface area (TPSA) is 151 Å². The van der Waals surface area contributed by atoms with Gasteiger partial charge in [0.15, 0.2) is 0 Å². The molecule has 1 aromatic carbocycles. The van der Waals surface area contributed by atoms with Crippen LogP contribution in [0.5, 0.6) is 0 Å². The Bertz CT molecular complexity index is 1080. The Morgan fingerprint density at radius 2 is 1.52 bits per heavy atom. The van der Waals surface area contributed by atoms with Gasteiger partial charge in [-0.3, -0.25) is 19.2 Å². The lowest BCUT2D eigenvalue weighted by atomic mass is 9.94. The molecule has 1 unspecified atom stereocenters. The van der Waals surface area contributed by atoms with E-state index in [0.717, 1.165) is 36.8 Å². The molecular formula is C32H49N5O5. The zero-order chi connectivity index (χ0) is 30.6. The fourth-order valence-corrected chi connectivity index (χ4v) is 6.30. The number of carbonyl (C=O) groups excluding carboxylic acids is 5. The van der Waals surface area contributed by atoms with Crippen LogP contribution in [0.2, 0.25) is 0 Å². The third-order valence-corrected chi connectivity index (χ3v) is 8.34. The molecule has 1 aliphatic heterocycles. The van der Waals surface area contributed by atoms with Crippen molar-refractivity contribution >= 4 is 29.5 Å². The largest absolute Gasteiger partial charge is 0.363 e. The number of nitrogens with zero attached hydrogens (tertiary/aromatic N) is 1. The zero-order valence-corrected chi connectivity index (χ0v) is 25.5. The fourth-order valence-electron chi connectivity index (χ4n) is 6.30. The Morgan fingerprint density at radius 3 is 2.10 bits per heavy atom. The lowest BCUT2D eigenvalue weighted by Gasteiger charge is -2.32. The van der Waals surface area contributed by atoms with Crippen molar-refractivity contribution in [1.82, 2.24) is 20.9 Å². The van der Waals surface area contributed by atoms with E-state index in [4.69, 9.17) is 5.73 Å². The highest BCUT2D eigenvalue weighted by molar-refractivity contribution is 6.37. The zero-order valence-electron chi connectivity index (χ0n) is 25.5. The monoisotopic (exact) mass is 583 g/mol. The summed E-state index contributed by atoms with van der Waals surface area (Å²) in [5.74, 6) is -2.85. The summed E-state index contributed by atoms with van der Waals surface area (Å²) in [6.45, 7) is 6.47. The van der Waals surface area contributed by atoms with Crippen molar-refractivity contribution in [2.75, 3.05) is 6.54 Å². The van der Waals surface area contributed by atoms with E-state index in [2.05, 4.69) is 41.9 Å². The number of carbonyl (C=O) groups is 5. The molecule has 42 heavy (non-hydrogen) atoms. The van der Waals surface area contributed by atoms with E-state index in [0.29, 0.717) is 38.6 Å². The minimum atomic E-state index is -1.10. The molecule has 0 radical (unpaired) electrons. The average molecular weight is 584 g/mol. The van der Waals surface area contributed by atoms with Gasteiger partial charge in [-0.15, -0.1) is 0 Å². The molecule has 10 nitrogen and oxygen atoms in total. The van der Waals surface area contributed by atoms with E-state index >= 15 is 0 Å². The Balaban J connectivity index is 0.00000155. The number of benzene rings is 1. The van der Waals surface area contributed by atoms with Gasteiger partial charge in [0.2, 0.25) is 17.6 Å². The summed E-state index contributed by atoms with van der Waals surface area (Å²) in [6, 6.07) is 5.19. The van der Waals surface area contributed by atoms with Gasteiger partial charge in [-0.2, -0.15) is 0 Å². The van der Waals surface area contributed by atoms with E-state index in [9.17, 15) is 24.0 Å². The molecule has 0 bridgehead atoms. The maximum atomic E-state index is 14.0. The van der Waals surface area contributed by atoms with Crippen molar-refractivity contribution in [3.8, 4) is 0 Å². The molecular weight excluding hydrogens is 534 g/mol. The summed E-state index contributed by atoms with van der Waals surface area (Å²) in [5, 5.41) is 8.70. The molecule has 1 saturated heterocycles. The SMILES string of the molecule is CCC.CCCC(NC(=O)[C@@H]1CCCN1C(=O)[C@@H](NC(=O)NC1CCCCC1)C1Cc2ccccc2C1)C(=O)C(N)=O. The van der Waals surface area contributed by atoms with E-state index in [1.165, 1.54) is 17.7 Å². The summed E-state index contributed by atoms with van der Waals surface area (Å²) < 4.78 is 0. The highest BCUT2D eigenvalue weighted by Gasteiger charge is 2.43. The Kier molecular flexibility index (Phi) is 12.8. The van der Waals surface area contributed by atoms with E-state index in [-0.39, 0.29) is 30.3 Å². The Morgan fingerprint density at radius 1 is 0.905 bits per heavy atom. The minimum Gasteiger partial charge on any atom is -0.363 e. The van der Waals surface area contributed by atoms with Gasteiger partial charge in [0.1, 0.15) is 12.1 Å². The van der Waals surface area contributed by atoms with E-state index in [1.54, 1.807) is 0 Å². The first-order chi connectivity index (χ1) is 20.2. The fraction of sp³-hybridized carbons (Fsp3) is 0.656. The van der Waals surface area contributed by atoms with E-state index in [1.807, 2.05) is 19.1 Å². The molecule has 3 atom stereocenters. The third kappa shape index (κ3) is 8.79. The first kappa shape index (κ1) is 33.1. The highest BCUT2D eigenvalue weighted by Crippen LogP contribution is 2.31. The summed E-state index contributed by atoms with van der Waals surface area (Å²) in [7, 11) is 0. The summed E-state index contributed by atoms with van der Waals surface area (Å²) >= 11 is 0. The molecule has 10 heteroatoms. The number of hydrogen-bond acceptors (Lipinski definition) is 5. The number of primary amides is 1. The Hall–Kier alpha value is -3.43. The van der Waals surface area contributed by atoms with Gasteiger partial charge in [0.25, 0.3) is 5.91 Å². The molecule has 0 spiro atoms. The van der Waals surface area contributed by atoms with Crippen LogP contribution in [0.15, 0.2) is 24.3 Å². The minimum absolute atomic E-state index is 0.0962. The first-order valence-corrected chi connectivity index (χ1v) is 15.8. The molecule has 0 aromatic heterocycles. The van der Waals surface area contributed by atoms with Gasteiger partial charge < -0.3 is 26.6 Å². The maximum absolute atomic E-state index is 14.0. The predicted octanol–water partition coefficient (Wildman–Crippen LogP) is 3.15. The van der Waals surface area contributed by atoms with Gasteiger partial charge in [0, 0.05) is 12.6 Å². The third-order valence-electron chi connectivity index (χ3n) is 8.34. The second-order valence-electron chi connectivity index (χ2n) is 11.8. The molecule has 2 fully saturated rings. The van der Waals surface area contributed by atoms with Crippen molar-refractivity contribution in [2.45, 2.75) is 122 Å². The van der Waals surface area contributed by atoms with Crippen LogP contribution in [0.1, 0.15) is 96.1 Å². The van der Waals surface area contributed by atoms with Gasteiger partial charge in [-0.05, 0) is 62.0 Å². The van der Waals surface area contributed by atoms with Crippen molar-refractivity contribution < 1.29 is 24.0 Å². The molecule has 1 aromatic rings. The number of fused-ring (bicyclic) bond motifs is 1. The molecule has 5 N–H and O–H groups in total.